The number of carbonyl (C=O) groups excluding carboxylic acids is 2. The average molecular weight is 311 g/mol. The van der Waals surface area contributed by atoms with Gasteiger partial charge >= 0.3 is 6.09 Å². The summed E-state index contributed by atoms with van der Waals surface area (Å²) in [6, 6.07) is 16.4. The highest BCUT2D eigenvalue weighted by Crippen LogP contribution is 2.25. The van der Waals surface area contributed by atoms with Crippen LogP contribution in [0.2, 0.25) is 0 Å². The molecule has 0 saturated carbocycles. The van der Waals surface area contributed by atoms with Crippen molar-refractivity contribution in [3.63, 3.8) is 0 Å². The molecule has 2 aromatic carbocycles. The smallest absolute Gasteiger partial charge is 0.415 e. The van der Waals surface area contributed by atoms with E-state index in [9.17, 15) is 9.59 Å². The molecule has 0 saturated heterocycles. The Morgan fingerprint density at radius 2 is 1.65 bits per heavy atom. The summed E-state index contributed by atoms with van der Waals surface area (Å²) in [6.45, 7) is 6.03. The van der Waals surface area contributed by atoms with E-state index in [2.05, 4.69) is 0 Å². The second-order valence-corrected chi connectivity index (χ2v) is 6.26. The second kappa shape index (κ2) is 7.09. The third-order valence-corrected chi connectivity index (χ3v) is 3.35. The summed E-state index contributed by atoms with van der Waals surface area (Å²) in [5.41, 5.74) is 1.75. The molecular weight excluding hydrogens is 290 g/mol. The molecule has 0 aliphatic heterocycles. The van der Waals surface area contributed by atoms with Gasteiger partial charge in [-0.25, -0.2) is 4.79 Å². The van der Waals surface area contributed by atoms with E-state index in [-0.39, 0.29) is 6.61 Å². The fourth-order valence-electron chi connectivity index (χ4n) is 2.25. The standard InChI is InChI=1S/C19H21NO3/c1-19(2,3)20(17-11-9-15(13-21)10-12-17)18(22)23-14-16-7-5-4-6-8-16/h4-13H,14H2,1-3H3. The summed E-state index contributed by atoms with van der Waals surface area (Å²) in [4.78, 5) is 24.9. The Balaban J connectivity index is 2.17. The first-order valence-corrected chi connectivity index (χ1v) is 7.48. The van der Waals surface area contributed by atoms with E-state index in [1.54, 1.807) is 29.2 Å². The van der Waals surface area contributed by atoms with Crippen molar-refractivity contribution in [3.05, 3.63) is 65.7 Å². The summed E-state index contributed by atoms with van der Waals surface area (Å²) in [6.07, 6.45) is 0.360. The molecule has 0 unspecified atom stereocenters. The van der Waals surface area contributed by atoms with Crippen LogP contribution >= 0.6 is 0 Å². The highest BCUT2D eigenvalue weighted by molar-refractivity contribution is 5.89. The maximum atomic E-state index is 12.6. The fourth-order valence-corrected chi connectivity index (χ4v) is 2.25. The number of hydrogen-bond donors (Lipinski definition) is 0. The average Bonchev–Trinajstić information content (AvgIpc) is 2.53. The number of aldehydes is 1. The minimum Gasteiger partial charge on any atom is -0.444 e. The highest BCUT2D eigenvalue weighted by atomic mass is 16.6. The van der Waals surface area contributed by atoms with E-state index in [1.165, 1.54) is 0 Å². The van der Waals surface area contributed by atoms with Crippen LogP contribution in [-0.2, 0) is 11.3 Å². The van der Waals surface area contributed by atoms with E-state index in [0.29, 0.717) is 11.3 Å². The summed E-state index contributed by atoms with van der Waals surface area (Å²) >= 11 is 0. The van der Waals surface area contributed by atoms with E-state index >= 15 is 0 Å². The van der Waals surface area contributed by atoms with Gasteiger partial charge < -0.3 is 4.74 Å². The molecule has 0 aliphatic carbocycles. The Morgan fingerprint density at radius 1 is 1.04 bits per heavy atom. The van der Waals surface area contributed by atoms with E-state index in [0.717, 1.165) is 11.8 Å². The number of anilines is 1. The third kappa shape index (κ3) is 4.42. The van der Waals surface area contributed by atoms with Crippen molar-refractivity contribution in [1.29, 1.82) is 0 Å². The van der Waals surface area contributed by atoms with Crippen LogP contribution in [0.1, 0.15) is 36.7 Å². The van der Waals surface area contributed by atoms with Crippen LogP contribution in [-0.4, -0.2) is 17.9 Å². The van der Waals surface area contributed by atoms with Crippen molar-refractivity contribution < 1.29 is 14.3 Å². The predicted molar refractivity (Wildman–Crippen MR) is 90.7 cm³/mol. The lowest BCUT2D eigenvalue weighted by Crippen LogP contribution is -2.46. The molecule has 0 radical (unpaired) electrons. The molecule has 2 rings (SSSR count). The SMILES string of the molecule is CC(C)(C)N(C(=O)OCc1ccccc1)c1ccc(C=O)cc1. The fraction of sp³-hybridized carbons (Fsp3) is 0.263. The Bertz CT molecular complexity index is 657. The van der Waals surface area contributed by atoms with Crippen molar-refractivity contribution in [2.45, 2.75) is 32.9 Å². The number of carbonyl (C=O) groups is 2. The van der Waals surface area contributed by atoms with Gasteiger partial charge in [0.25, 0.3) is 0 Å². The molecule has 120 valence electrons. The summed E-state index contributed by atoms with van der Waals surface area (Å²) < 4.78 is 5.45. The first kappa shape index (κ1) is 16.7. The van der Waals surface area contributed by atoms with E-state index in [1.807, 2.05) is 51.1 Å². The van der Waals surface area contributed by atoms with Crippen LogP contribution in [0.15, 0.2) is 54.6 Å². The summed E-state index contributed by atoms with van der Waals surface area (Å²) in [5, 5.41) is 0. The van der Waals surface area contributed by atoms with Crippen molar-refractivity contribution in [1.82, 2.24) is 0 Å². The van der Waals surface area contributed by atoms with Gasteiger partial charge in [0.15, 0.2) is 0 Å². The van der Waals surface area contributed by atoms with Crippen LogP contribution < -0.4 is 4.90 Å². The van der Waals surface area contributed by atoms with Crippen LogP contribution in [0.4, 0.5) is 10.5 Å². The van der Waals surface area contributed by atoms with E-state index in [4.69, 9.17) is 4.74 Å². The van der Waals surface area contributed by atoms with Gasteiger partial charge in [-0.3, -0.25) is 9.69 Å². The van der Waals surface area contributed by atoms with Crippen LogP contribution in [0.25, 0.3) is 0 Å². The van der Waals surface area contributed by atoms with Crippen LogP contribution in [0, 0.1) is 0 Å². The Morgan fingerprint density at radius 3 is 2.17 bits per heavy atom. The van der Waals surface area contributed by atoms with Gasteiger partial charge in [0.1, 0.15) is 12.9 Å². The first-order valence-electron chi connectivity index (χ1n) is 7.48. The maximum Gasteiger partial charge on any atom is 0.415 e. The van der Waals surface area contributed by atoms with Crippen molar-refractivity contribution in [3.8, 4) is 0 Å². The number of amides is 1. The Hall–Kier alpha value is -2.62. The van der Waals surface area contributed by atoms with Crippen molar-refractivity contribution in [2.75, 3.05) is 4.90 Å². The number of nitrogens with zero attached hydrogens (tertiary/aromatic N) is 1. The number of ether oxygens (including phenoxy) is 1. The molecule has 0 aliphatic rings. The third-order valence-electron chi connectivity index (χ3n) is 3.35. The zero-order valence-corrected chi connectivity index (χ0v) is 13.7. The lowest BCUT2D eigenvalue weighted by Gasteiger charge is -2.34. The Labute approximate surface area is 136 Å². The minimum atomic E-state index is -0.448. The molecule has 2 aromatic rings. The molecule has 1 amide bonds. The van der Waals surface area contributed by atoms with E-state index < -0.39 is 11.6 Å². The molecular formula is C19H21NO3. The van der Waals surface area contributed by atoms with Gasteiger partial charge in [-0.2, -0.15) is 0 Å². The molecule has 4 heteroatoms. The number of benzene rings is 2. The lowest BCUT2D eigenvalue weighted by molar-refractivity contribution is 0.112. The number of hydrogen-bond acceptors (Lipinski definition) is 3. The van der Waals surface area contributed by atoms with Gasteiger partial charge in [0.05, 0.1) is 0 Å². The lowest BCUT2D eigenvalue weighted by atomic mass is 10.1. The quantitative estimate of drug-likeness (QED) is 0.784. The monoisotopic (exact) mass is 311 g/mol. The van der Waals surface area contributed by atoms with Gasteiger partial charge in [-0.15, -0.1) is 0 Å². The summed E-state index contributed by atoms with van der Waals surface area (Å²) in [5.74, 6) is 0. The van der Waals surface area contributed by atoms with Crippen LogP contribution in [0.3, 0.4) is 0 Å². The van der Waals surface area contributed by atoms with Gasteiger partial charge in [-0.1, -0.05) is 30.3 Å². The molecule has 23 heavy (non-hydrogen) atoms. The molecule has 4 nitrogen and oxygen atoms in total. The molecule has 0 aromatic heterocycles. The largest absolute Gasteiger partial charge is 0.444 e. The minimum absolute atomic E-state index is 0.221. The van der Waals surface area contributed by atoms with Gasteiger partial charge in [-0.05, 0) is 50.6 Å². The van der Waals surface area contributed by atoms with Gasteiger partial charge in [0, 0.05) is 16.8 Å². The highest BCUT2D eigenvalue weighted by Gasteiger charge is 2.29. The molecule has 0 fully saturated rings. The maximum absolute atomic E-state index is 12.6. The zero-order valence-electron chi connectivity index (χ0n) is 13.7. The van der Waals surface area contributed by atoms with Crippen LogP contribution in [0.5, 0.6) is 0 Å². The molecule has 0 spiro atoms. The first-order chi connectivity index (χ1) is 10.9. The van der Waals surface area contributed by atoms with Gasteiger partial charge in [0.2, 0.25) is 0 Å². The number of rotatable bonds is 4. The topological polar surface area (TPSA) is 46.6 Å². The normalized spacial score (nSPS) is 10.9. The predicted octanol–water partition coefficient (Wildman–Crippen LogP) is 4.44. The molecule has 0 atom stereocenters. The molecule has 0 bridgehead atoms. The second-order valence-electron chi connectivity index (χ2n) is 6.26. The Kier molecular flexibility index (Phi) is 5.16. The zero-order chi connectivity index (χ0) is 16.9. The molecule has 0 N–H and O–H groups in total. The van der Waals surface area contributed by atoms with Crippen molar-refractivity contribution >= 4 is 18.1 Å². The van der Waals surface area contributed by atoms with Crippen molar-refractivity contribution in [2.24, 2.45) is 0 Å². The molecule has 0 heterocycles. The summed E-state index contributed by atoms with van der Waals surface area (Å²) in [7, 11) is 0.